The standard InChI is InChI=1S/C14H17N3OS/c1-10-16-13(9-19-10)8-17(3)14(18)11-4-6-12(15-2)7-5-11/h4-7,9,15H,8H2,1-3H3. The average Bonchev–Trinajstić information content (AvgIpc) is 2.83. The van der Waals surface area contributed by atoms with Gasteiger partial charge in [-0.1, -0.05) is 0 Å². The summed E-state index contributed by atoms with van der Waals surface area (Å²) < 4.78 is 0. The first-order chi connectivity index (χ1) is 9.10. The number of aromatic nitrogens is 1. The number of carbonyl (C=O) groups excluding carboxylic acids is 1. The van der Waals surface area contributed by atoms with Crippen molar-refractivity contribution in [2.45, 2.75) is 13.5 Å². The van der Waals surface area contributed by atoms with E-state index in [1.165, 1.54) is 0 Å². The second-order valence-electron chi connectivity index (χ2n) is 4.35. The number of benzene rings is 1. The third-order valence-corrected chi connectivity index (χ3v) is 3.66. The van der Waals surface area contributed by atoms with E-state index in [1.54, 1.807) is 23.3 Å². The van der Waals surface area contributed by atoms with Gasteiger partial charge in [0.05, 0.1) is 17.2 Å². The predicted octanol–water partition coefficient (Wildman–Crippen LogP) is 2.77. The number of amides is 1. The second-order valence-corrected chi connectivity index (χ2v) is 5.41. The number of hydrogen-bond acceptors (Lipinski definition) is 4. The lowest BCUT2D eigenvalue weighted by molar-refractivity contribution is 0.0783. The highest BCUT2D eigenvalue weighted by Crippen LogP contribution is 2.13. The van der Waals surface area contributed by atoms with Gasteiger partial charge in [0.15, 0.2) is 0 Å². The van der Waals surface area contributed by atoms with E-state index < -0.39 is 0 Å². The Morgan fingerprint density at radius 3 is 2.58 bits per heavy atom. The highest BCUT2D eigenvalue weighted by Gasteiger charge is 2.13. The van der Waals surface area contributed by atoms with Gasteiger partial charge in [0.25, 0.3) is 5.91 Å². The molecule has 1 aromatic heterocycles. The summed E-state index contributed by atoms with van der Waals surface area (Å²) in [4.78, 5) is 18.3. The molecule has 0 unspecified atom stereocenters. The molecule has 0 atom stereocenters. The van der Waals surface area contributed by atoms with E-state index >= 15 is 0 Å². The van der Waals surface area contributed by atoms with Gasteiger partial charge in [0, 0.05) is 30.7 Å². The Morgan fingerprint density at radius 2 is 2.05 bits per heavy atom. The molecule has 2 aromatic rings. The molecule has 0 saturated carbocycles. The summed E-state index contributed by atoms with van der Waals surface area (Å²) in [5, 5.41) is 6.04. The first-order valence-electron chi connectivity index (χ1n) is 6.04. The minimum absolute atomic E-state index is 0.00769. The van der Waals surface area contributed by atoms with Gasteiger partial charge in [-0.05, 0) is 31.2 Å². The first-order valence-corrected chi connectivity index (χ1v) is 6.92. The summed E-state index contributed by atoms with van der Waals surface area (Å²) >= 11 is 1.60. The van der Waals surface area contributed by atoms with Crippen LogP contribution in [-0.2, 0) is 6.54 Å². The van der Waals surface area contributed by atoms with Crippen molar-refractivity contribution in [3.05, 3.63) is 45.9 Å². The van der Waals surface area contributed by atoms with E-state index in [9.17, 15) is 4.79 Å². The topological polar surface area (TPSA) is 45.2 Å². The fourth-order valence-corrected chi connectivity index (χ4v) is 2.40. The largest absolute Gasteiger partial charge is 0.388 e. The zero-order valence-electron chi connectivity index (χ0n) is 11.3. The van der Waals surface area contributed by atoms with E-state index in [0.29, 0.717) is 12.1 Å². The third-order valence-electron chi connectivity index (χ3n) is 2.83. The number of nitrogens with zero attached hydrogens (tertiary/aromatic N) is 2. The number of anilines is 1. The maximum Gasteiger partial charge on any atom is 0.253 e. The molecule has 0 spiro atoms. The lowest BCUT2D eigenvalue weighted by Crippen LogP contribution is -2.26. The van der Waals surface area contributed by atoms with Crippen molar-refractivity contribution in [2.75, 3.05) is 19.4 Å². The number of carbonyl (C=O) groups is 1. The first kappa shape index (κ1) is 13.5. The van der Waals surface area contributed by atoms with E-state index in [1.807, 2.05) is 43.6 Å². The highest BCUT2D eigenvalue weighted by molar-refractivity contribution is 7.09. The Bertz CT molecular complexity index is 562. The number of aryl methyl sites for hydroxylation is 1. The molecule has 0 bridgehead atoms. The van der Waals surface area contributed by atoms with Crippen LogP contribution < -0.4 is 5.32 Å². The van der Waals surface area contributed by atoms with Crippen molar-refractivity contribution in [1.82, 2.24) is 9.88 Å². The van der Waals surface area contributed by atoms with Gasteiger partial charge in [-0.2, -0.15) is 0 Å². The van der Waals surface area contributed by atoms with Crippen LogP contribution in [0.1, 0.15) is 21.1 Å². The van der Waals surface area contributed by atoms with Crippen LogP contribution in [0.2, 0.25) is 0 Å². The maximum atomic E-state index is 12.2. The van der Waals surface area contributed by atoms with Crippen LogP contribution in [0.3, 0.4) is 0 Å². The van der Waals surface area contributed by atoms with Crippen LogP contribution in [0.25, 0.3) is 0 Å². The van der Waals surface area contributed by atoms with Crippen molar-refractivity contribution < 1.29 is 4.79 Å². The lowest BCUT2D eigenvalue weighted by atomic mass is 10.2. The third kappa shape index (κ3) is 3.32. The Morgan fingerprint density at radius 1 is 1.37 bits per heavy atom. The van der Waals surface area contributed by atoms with Crippen molar-refractivity contribution >= 4 is 22.9 Å². The van der Waals surface area contributed by atoms with Gasteiger partial charge >= 0.3 is 0 Å². The molecular weight excluding hydrogens is 258 g/mol. The van der Waals surface area contributed by atoms with Crippen LogP contribution in [0.15, 0.2) is 29.6 Å². The molecule has 0 radical (unpaired) electrons. The molecule has 0 fully saturated rings. The van der Waals surface area contributed by atoms with E-state index in [0.717, 1.165) is 16.4 Å². The summed E-state index contributed by atoms with van der Waals surface area (Å²) in [5.41, 5.74) is 2.62. The minimum Gasteiger partial charge on any atom is -0.388 e. The molecule has 5 heteroatoms. The van der Waals surface area contributed by atoms with Gasteiger partial charge in [0.1, 0.15) is 0 Å². The molecule has 0 aliphatic rings. The zero-order chi connectivity index (χ0) is 13.8. The molecule has 1 amide bonds. The minimum atomic E-state index is 0.00769. The molecule has 4 nitrogen and oxygen atoms in total. The molecule has 100 valence electrons. The summed E-state index contributed by atoms with van der Waals surface area (Å²) in [6.07, 6.45) is 0. The molecule has 19 heavy (non-hydrogen) atoms. The quantitative estimate of drug-likeness (QED) is 0.933. The maximum absolute atomic E-state index is 12.2. The number of thiazole rings is 1. The highest BCUT2D eigenvalue weighted by atomic mass is 32.1. The monoisotopic (exact) mass is 275 g/mol. The Kier molecular flexibility index (Phi) is 4.16. The van der Waals surface area contributed by atoms with Crippen molar-refractivity contribution in [1.29, 1.82) is 0 Å². The van der Waals surface area contributed by atoms with E-state index in [2.05, 4.69) is 10.3 Å². The number of nitrogens with one attached hydrogen (secondary N) is 1. The van der Waals surface area contributed by atoms with Crippen LogP contribution in [0.5, 0.6) is 0 Å². The predicted molar refractivity (Wildman–Crippen MR) is 78.6 cm³/mol. The summed E-state index contributed by atoms with van der Waals surface area (Å²) in [5.74, 6) is 0.00769. The molecule has 0 aliphatic heterocycles. The Labute approximate surface area is 117 Å². The smallest absolute Gasteiger partial charge is 0.253 e. The molecule has 1 N–H and O–H groups in total. The van der Waals surface area contributed by atoms with Gasteiger partial charge in [0.2, 0.25) is 0 Å². The molecule has 1 heterocycles. The van der Waals surface area contributed by atoms with Crippen LogP contribution in [0, 0.1) is 6.92 Å². The Balaban J connectivity index is 2.05. The van der Waals surface area contributed by atoms with E-state index in [-0.39, 0.29) is 5.91 Å². The summed E-state index contributed by atoms with van der Waals surface area (Å²) in [7, 11) is 3.65. The van der Waals surface area contributed by atoms with Gasteiger partial charge in [-0.25, -0.2) is 4.98 Å². The lowest BCUT2D eigenvalue weighted by Gasteiger charge is -2.16. The molecule has 0 aliphatic carbocycles. The van der Waals surface area contributed by atoms with Crippen LogP contribution in [0.4, 0.5) is 5.69 Å². The molecule has 2 rings (SSSR count). The number of hydrogen-bond donors (Lipinski definition) is 1. The molecule has 1 aromatic carbocycles. The van der Waals surface area contributed by atoms with Crippen LogP contribution in [-0.4, -0.2) is 29.9 Å². The normalized spacial score (nSPS) is 10.3. The average molecular weight is 275 g/mol. The van der Waals surface area contributed by atoms with Gasteiger partial charge in [-0.3, -0.25) is 4.79 Å². The van der Waals surface area contributed by atoms with Gasteiger partial charge < -0.3 is 10.2 Å². The Hall–Kier alpha value is -1.88. The van der Waals surface area contributed by atoms with Crippen LogP contribution >= 0.6 is 11.3 Å². The molecule has 0 saturated heterocycles. The SMILES string of the molecule is CNc1ccc(C(=O)N(C)Cc2csc(C)n2)cc1. The number of rotatable bonds is 4. The van der Waals surface area contributed by atoms with Crippen molar-refractivity contribution in [2.24, 2.45) is 0 Å². The summed E-state index contributed by atoms with van der Waals surface area (Å²) in [6.45, 7) is 2.50. The second kappa shape index (κ2) is 5.84. The fourth-order valence-electron chi connectivity index (χ4n) is 1.80. The van der Waals surface area contributed by atoms with E-state index in [4.69, 9.17) is 0 Å². The molecular formula is C14H17N3OS. The van der Waals surface area contributed by atoms with Crippen molar-refractivity contribution in [3.8, 4) is 0 Å². The van der Waals surface area contributed by atoms with Crippen molar-refractivity contribution in [3.63, 3.8) is 0 Å². The fraction of sp³-hybridized carbons (Fsp3) is 0.286. The zero-order valence-corrected chi connectivity index (χ0v) is 12.1. The summed E-state index contributed by atoms with van der Waals surface area (Å²) in [6, 6.07) is 7.45. The van der Waals surface area contributed by atoms with Gasteiger partial charge in [-0.15, -0.1) is 11.3 Å².